The fourth-order valence-corrected chi connectivity index (χ4v) is 1.83. The van der Waals surface area contributed by atoms with Crippen molar-refractivity contribution in [3.05, 3.63) is 65.5 Å². The van der Waals surface area contributed by atoms with Crippen molar-refractivity contribution >= 4 is 11.9 Å². The summed E-state index contributed by atoms with van der Waals surface area (Å²) in [5.41, 5.74) is 1.25. The maximum Gasteiger partial charge on any atom is 0.185 e. The minimum absolute atomic E-state index is 0.166. The van der Waals surface area contributed by atoms with Gasteiger partial charge < -0.3 is 9.47 Å². The van der Waals surface area contributed by atoms with Crippen molar-refractivity contribution in [2.75, 3.05) is 14.2 Å². The highest BCUT2D eigenvalue weighted by Crippen LogP contribution is 2.27. The van der Waals surface area contributed by atoms with E-state index in [9.17, 15) is 9.18 Å². The van der Waals surface area contributed by atoms with Gasteiger partial charge in [0.05, 0.1) is 14.2 Å². The summed E-state index contributed by atoms with van der Waals surface area (Å²) in [6.07, 6.45) is 3.08. The smallest absolute Gasteiger partial charge is 0.185 e. The normalized spacial score (nSPS) is 10.6. The highest BCUT2D eigenvalue weighted by molar-refractivity contribution is 6.07. The number of rotatable bonds is 5. The number of hydrogen-bond acceptors (Lipinski definition) is 3. The number of ketones is 1. The van der Waals surface area contributed by atoms with Crippen LogP contribution >= 0.6 is 0 Å². The molecule has 0 atom stereocenters. The van der Waals surface area contributed by atoms with Gasteiger partial charge in [0.1, 0.15) is 5.82 Å². The second-order valence-electron chi connectivity index (χ2n) is 4.32. The Balaban J connectivity index is 2.18. The molecule has 2 aromatic carbocycles. The number of ether oxygens (including phenoxy) is 2. The zero-order chi connectivity index (χ0) is 15.2. The number of allylic oxidation sites excluding steroid dienone is 1. The minimum Gasteiger partial charge on any atom is -0.493 e. The van der Waals surface area contributed by atoms with Crippen molar-refractivity contribution in [2.24, 2.45) is 0 Å². The quantitative estimate of drug-likeness (QED) is 0.620. The molecule has 0 fully saturated rings. The summed E-state index contributed by atoms with van der Waals surface area (Å²) in [6.45, 7) is 0. The molecule has 0 bridgehead atoms. The Morgan fingerprint density at radius 1 is 1.00 bits per heavy atom. The molecule has 2 rings (SSSR count). The summed E-state index contributed by atoms with van der Waals surface area (Å²) in [7, 11) is 3.05. The molecule has 0 heterocycles. The maximum absolute atomic E-state index is 12.8. The molecular formula is C17H15FO3. The summed E-state index contributed by atoms with van der Waals surface area (Å²) in [6, 6.07) is 10.9. The molecule has 0 spiro atoms. The van der Waals surface area contributed by atoms with Crippen LogP contribution < -0.4 is 9.47 Å². The molecule has 4 heteroatoms. The predicted octanol–water partition coefficient (Wildman–Crippen LogP) is 3.74. The molecule has 0 saturated heterocycles. The van der Waals surface area contributed by atoms with E-state index in [2.05, 4.69) is 0 Å². The van der Waals surface area contributed by atoms with Gasteiger partial charge in [-0.1, -0.05) is 18.2 Å². The van der Waals surface area contributed by atoms with Gasteiger partial charge in [0.25, 0.3) is 0 Å². The Bertz CT molecular complexity index is 660. The first-order chi connectivity index (χ1) is 10.1. The molecule has 0 aliphatic heterocycles. The number of hydrogen-bond donors (Lipinski definition) is 0. The van der Waals surface area contributed by atoms with E-state index in [0.29, 0.717) is 17.1 Å². The van der Waals surface area contributed by atoms with Crippen LogP contribution in [0.1, 0.15) is 15.9 Å². The molecule has 0 N–H and O–H groups in total. The van der Waals surface area contributed by atoms with E-state index in [1.165, 1.54) is 32.4 Å². The lowest BCUT2D eigenvalue weighted by Gasteiger charge is -2.07. The average molecular weight is 286 g/mol. The first-order valence-corrected chi connectivity index (χ1v) is 6.34. The van der Waals surface area contributed by atoms with Gasteiger partial charge in [-0.15, -0.1) is 0 Å². The molecule has 0 saturated carbocycles. The number of methoxy groups -OCH3 is 2. The van der Waals surface area contributed by atoms with Crippen molar-refractivity contribution in [1.29, 1.82) is 0 Å². The topological polar surface area (TPSA) is 35.5 Å². The van der Waals surface area contributed by atoms with Crippen LogP contribution in [-0.2, 0) is 0 Å². The number of halogens is 1. The molecule has 3 nitrogen and oxygen atoms in total. The maximum atomic E-state index is 12.8. The lowest BCUT2D eigenvalue weighted by Crippen LogP contribution is -1.97. The molecule has 0 aliphatic carbocycles. The molecule has 21 heavy (non-hydrogen) atoms. The van der Waals surface area contributed by atoms with Gasteiger partial charge in [-0.3, -0.25) is 4.79 Å². The number of benzene rings is 2. The lowest BCUT2D eigenvalue weighted by molar-refractivity contribution is 0.104. The first kappa shape index (κ1) is 14.8. The van der Waals surface area contributed by atoms with Crippen molar-refractivity contribution in [3.63, 3.8) is 0 Å². The van der Waals surface area contributed by atoms with E-state index in [4.69, 9.17) is 9.47 Å². The Kier molecular flexibility index (Phi) is 4.72. The van der Waals surface area contributed by atoms with E-state index in [1.54, 1.807) is 36.4 Å². The van der Waals surface area contributed by atoms with E-state index < -0.39 is 0 Å². The van der Waals surface area contributed by atoms with Gasteiger partial charge in [0.15, 0.2) is 17.3 Å². The van der Waals surface area contributed by atoms with Crippen LogP contribution in [0.2, 0.25) is 0 Å². The Hall–Kier alpha value is -2.62. The standard InChI is InChI=1S/C17H15FO3/c1-20-16-10-6-13(11-17(16)21-2)15(19)9-5-12-3-7-14(18)8-4-12/h3-11H,1-2H3/b9-5+. The van der Waals surface area contributed by atoms with Crippen LogP contribution in [0.4, 0.5) is 4.39 Å². The monoisotopic (exact) mass is 286 g/mol. The van der Waals surface area contributed by atoms with E-state index in [-0.39, 0.29) is 11.6 Å². The van der Waals surface area contributed by atoms with Crippen LogP contribution in [-0.4, -0.2) is 20.0 Å². The molecule has 0 radical (unpaired) electrons. The van der Waals surface area contributed by atoms with Gasteiger partial charge in [-0.25, -0.2) is 4.39 Å². The fourth-order valence-electron chi connectivity index (χ4n) is 1.83. The zero-order valence-electron chi connectivity index (χ0n) is 11.8. The lowest BCUT2D eigenvalue weighted by atomic mass is 10.1. The molecule has 0 aromatic heterocycles. The summed E-state index contributed by atoms with van der Waals surface area (Å²) in [4.78, 5) is 12.1. The largest absolute Gasteiger partial charge is 0.493 e. The Labute approximate surface area is 122 Å². The highest BCUT2D eigenvalue weighted by atomic mass is 19.1. The SMILES string of the molecule is COc1ccc(C(=O)/C=C/c2ccc(F)cc2)cc1OC. The van der Waals surface area contributed by atoms with Crippen molar-refractivity contribution in [1.82, 2.24) is 0 Å². The second-order valence-corrected chi connectivity index (χ2v) is 4.32. The van der Waals surface area contributed by atoms with Crippen LogP contribution in [0.15, 0.2) is 48.5 Å². The summed E-state index contributed by atoms with van der Waals surface area (Å²) in [5, 5.41) is 0. The third-order valence-corrected chi connectivity index (χ3v) is 2.97. The van der Waals surface area contributed by atoms with Gasteiger partial charge in [0, 0.05) is 5.56 Å². The van der Waals surface area contributed by atoms with Crippen LogP contribution in [0, 0.1) is 5.82 Å². The minimum atomic E-state index is -0.307. The summed E-state index contributed by atoms with van der Waals surface area (Å²) >= 11 is 0. The molecule has 108 valence electrons. The first-order valence-electron chi connectivity index (χ1n) is 6.34. The van der Waals surface area contributed by atoms with Crippen LogP contribution in [0.3, 0.4) is 0 Å². The fraction of sp³-hybridized carbons (Fsp3) is 0.118. The highest BCUT2D eigenvalue weighted by Gasteiger charge is 2.08. The Morgan fingerprint density at radius 3 is 2.29 bits per heavy atom. The third-order valence-electron chi connectivity index (χ3n) is 2.97. The van der Waals surface area contributed by atoms with E-state index in [0.717, 1.165) is 5.56 Å². The molecule has 0 unspecified atom stereocenters. The van der Waals surface area contributed by atoms with Gasteiger partial charge in [0.2, 0.25) is 0 Å². The number of carbonyl (C=O) groups excluding carboxylic acids is 1. The number of carbonyl (C=O) groups is 1. The van der Waals surface area contributed by atoms with Crippen molar-refractivity contribution in [3.8, 4) is 11.5 Å². The van der Waals surface area contributed by atoms with Crippen LogP contribution in [0.25, 0.3) is 6.08 Å². The Morgan fingerprint density at radius 2 is 1.67 bits per heavy atom. The van der Waals surface area contributed by atoms with Crippen molar-refractivity contribution < 1.29 is 18.7 Å². The van der Waals surface area contributed by atoms with E-state index in [1.807, 2.05) is 0 Å². The molecule has 0 amide bonds. The van der Waals surface area contributed by atoms with Gasteiger partial charge >= 0.3 is 0 Å². The summed E-state index contributed by atoms with van der Waals surface area (Å²) in [5.74, 6) is 0.591. The average Bonchev–Trinajstić information content (AvgIpc) is 2.53. The molecule has 2 aromatic rings. The molecule has 0 aliphatic rings. The van der Waals surface area contributed by atoms with Gasteiger partial charge in [-0.2, -0.15) is 0 Å². The second kappa shape index (κ2) is 6.70. The van der Waals surface area contributed by atoms with Crippen molar-refractivity contribution in [2.45, 2.75) is 0 Å². The van der Waals surface area contributed by atoms with E-state index >= 15 is 0 Å². The van der Waals surface area contributed by atoms with Crippen LogP contribution in [0.5, 0.6) is 11.5 Å². The third kappa shape index (κ3) is 3.69. The van der Waals surface area contributed by atoms with Gasteiger partial charge in [-0.05, 0) is 42.0 Å². The summed E-state index contributed by atoms with van der Waals surface area (Å²) < 4.78 is 23.1. The zero-order valence-corrected chi connectivity index (χ0v) is 11.8. The molecular weight excluding hydrogens is 271 g/mol. The predicted molar refractivity (Wildman–Crippen MR) is 79.3 cm³/mol.